The molecule has 4 heteroatoms. The number of carbonyl (C=O) groups is 1. The highest BCUT2D eigenvalue weighted by Gasteiger charge is 2.08. The van der Waals surface area contributed by atoms with E-state index in [2.05, 4.69) is 5.32 Å². The molecule has 2 aromatic rings. The van der Waals surface area contributed by atoms with E-state index in [1.165, 1.54) is 6.92 Å². The van der Waals surface area contributed by atoms with E-state index in [4.69, 9.17) is 0 Å². The average Bonchev–Trinajstić information content (AvgIpc) is 2.30. The Morgan fingerprint density at radius 3 is 2.71 bits per heavy atom. The van der Waals surface area contributed by atoms with Crippen LogP contribution >= 0.6 is 0 Å². The van der Waals surface area contributed by atoms with Gasteiger partial charge in [-0.25, -0.2) is 0 Å². The number of amides is 1. The molecule has 0 saturated carbocycles. The van der Waals surface area contributed by atoms with Crippen LogP contribution in [0.25, 0.3) is 10.9 Å². The van der Waals surface area contributed by atoms with Crippen molar-refractivity contribution in [3.05, 3.63) is 40.7 Å². The van der Waals surface area contributed by atoms with Gasteiger partial charge in [0, 0.05) is 18.9 Å². The number of fused-ring (bicyclic) bond motifs is 1. The fourth-order valence-corrected chi connectivity index (χ4v) is 1.92. The Bertz CT molecular complexity index is 629. The maximum absolute atomic E-state index is 12.1. The maximum atomic E-state index is 12.1. The number of nitrogens with zero attached hydrogens (tertiary/aromatic N) is 1. The van der Waals surface area contributed by atoms with Crippen LogP contribution in [0.4, 0.5) is 5.69 Å². The van der Waals surface area contributed by atoms with E-state index in [0.717, 1.165) is 10.9 Å². The number of hydrogen-bond donors (Lipinski definition) is 1. The standard InChI is InChI=1S/C13H14N2O2/c1-3-15-12-7-5-4-6-10(12)8-11(13(15)17)14-9(2)16/h4-8H,3H2,1-2H3,(H,14,16). The van der Waals surface area contributed by atoms with Crippen molar-refractivity contribution in [2.75, 3.05) is 5.32 Å². The molecule has 0 atom stereocenters. The maximum Gasteiger partial charge on any atom is 0.274 e. The summed E-state index contributed by atoms with van der Waals surface area (Å²) in [5.41, 5.74) is 1.05. The molecular weight excluding hydrogens is 216 g/mol. The molecule has 0 aliphatic carbocycles. The lowest BCUT2D eigenvalue weighted by Crippen LogP contribution is -2.24. The Morgan fingerprint density at radius 1 is 1.35 bits per heavy atom. The van der Waals surface area contributed by atoms with Gasteiger partial charge in [-0.1, -0.05) is 18.2 Å². The predicted octanol–water partition coefficient (Wildman–Crippen LogP) is 1.98. The number of nitrogens with one attached hydrogen (secondary N) is 1. The number of pyridine rings is 1. The summed E-state index contributed by atoms with van der Waals surface area (Å²) < 4.78 is 1.65. The lowest BCUT2D eigenvalue weighted by molar-refractivity contribution is -0.114. The first-order chi connectivity index (χ1) is 8.13. The molecule has 1 N–H and O–H groups in total. The molecular formula is C13H14N2O2. The van der Waals surface area contributed by atoms with E-state index in [1.807, 2.05) is 31.2 Å². The van der Waals surface area contributed by atoms with Gasteiger partial charge >= 0.3 is 0 Å². The van der Waals surface area contributed by atoms with Crippen molar-refractivity contribution in [2.24, 2.45) is 0 Å². The molecule has 0 saturated heterocycles. The number of aromatic nitrogens is 1. The van der Waals surface area contributed by atoms with E-state index in [9.17, 15) is 9.59 Å². The largest absolute Gasteiger partial charge is 0.322 e. The Hall–Kier alpha value is -2.10. The highest BCUT2D eigenvalue weighted by atomic mass is 16.2. The van der Waals surface area contributed by atoms with Crippen LogP contribution in [0.3, 0.4) is 0 Å². The molecule has 88 valence electrons. The number of aryl methyl sites for hydroxylation is 1. The smallest absolute Gasteiger partial charge is 0.274 e. The van der Waals surface area contributed by atoms with Crippen molar-refractivity contribution >= 4 is 22.5 Å². The zero-order valence-corrected chi connectivity index (χ0v) is 9.86. The lowest BCUT2D eigenvalue weighted by Gasteiger charge is -2.10. The van der Waals surface area contributed by atoms with Crippen molar-refractivity contribution in [2.45, 2.75) is 20.4 Å². The monoisotopic (exact) mass is 230 g/mol. The average molecular weight is 230 g/mol. The summed E-state index contributed by atoms with van der Waals surface area (Å²) in [6.45, 7) is 3.88. The van der Waals surface area contributed by atoms with Gasteiger partial charge in [-0.15, -0.1) is 0 Å². The molecule has 0 fully saturated rings. The lowest BCUT2D eigenvalue weighted by atomic mass is 10.2. The summed E-state index contributed by atoms with van der Waals surface area (Å²) in [7, 11) is 0. The third-order valence-corrected chi connectivity index (χ3v) is 2.63. The summed E-state index contributed by atoms with van der Waals surface area (Å²) in [5, 5.41) is 3.51. The molecule has 0 radical (unpaired) electrons. The summed E-state index contributed by atoms with van der Waals surface area (Å²) in [6.07, 6.45) is 0. The molecule has 1 heterocycles. The van der Waals surface area contributed by atoms with Crippen LogP contribution in [0.2, 0.25) is 0 Å². The Labute approximate surface area is 98.9 Å². The Morgan fingerprint density at radius 2 is 2.06 bits per heavy atom. The van der Waals surface area contributed by atoms with Crippen molar-refractivity contribution in [3.63, 3.8) is 0 Å². The number of rotatable bonds is 2. The van der Waals surface area contributed by atoms with Crippen LogP contribution in [-0.4, -0.2) is 10.5 Å². The molecule has 2 rings (SSSR count). The Kier molecular flexibility index (Phi) is 2.95. The fourth-order valence-electron chi connectivity index (χ4n) is 1.92. The summed E-state index contributed by atoms with van der Waals surface area (Å²) >= 11 is 0. The number of para-hydroxylation sites is 1. The van der Waals surface area contributed by atoms with Crippen LogP contribution in [0.5, 0.6) is 0 Å². The second-order valence-electron chi connectivity index (χ2n) is 3.85. The highest BCUT2D eigenvalue weighted by molar-refractivity contribution is 5.91. The van der Waals surface area contributed by atoms with Crippen LogP contribution in [-0.2, 0) is 11.3 Å². The van der Waals surface area contributed by atoms with Gasteiger partial charge in [0.25, 0.3) is 5.56 Å². The molecule has 0 spiro atoms. The van der Waals surface area contributed by atoms with Crippen LogP contribution in [0.15, 0.2) is 35.1 Å². The molecule has 17 heavy (non-hydrogen) atoms. The van der Waals surface area contributed by atoms with E-state index < -0.39 is 0 Å². The number of anilines is 1. The van der Waals surface area contributed by atoms with Crippen molar-refractivity contribution < 1.29 is 4.79 Å². The second kappa shape index (κ2) is 4.41. The first-order valence-corrected chi connectivity index (χ1v) is 5.53. The minimum atomic E-state index is -0.236. The Balaban J connectivity index is 2.75. The van der Waals surface area contributed by atoms with Gasteiger partial charge in [0.05, 0.1) is 5.52 Å². The minimum Gasteiger partial charge on any atom is -0.322 e. The molecule has 0 bridgehead atoms. The summed E-state index contributed by atoms with van der Waals surface area (Å²) in [4.78, 5) is 23.1. The quantitative estimate of drug-likeness (QED) is 0.857. The zero-order chi connectivity index (χ0) is 12.4. The third-order valence-electron chi connectivity index (χ3n) is 2.63. The zero-order valence-electron chi connectivity index (χ0n) is 9.86. The molecule has 4 nitrogen and oxygen atoms in total. The van der Waals surface area contributed by atoms with Gasteiger partial charge in [-0.05, 0) is 19.1 Å². The SMILES string of the molecule is CCn1c(=O)c(NC(C)=O)cc2ccccc21. The topological polar surface area (TPSA) is 51.1 Å². The first kappa shape index (κ1) is 11.4. The fraction of sp³-hybridized carbons (Fsp3) is 0.231. The van der Waals surface area contributed by atoms with Crippen molar-refractivity contribution in [1.29, 1.82) is 0 Å². The third kappa shape index (κ3) is 2.06. The van der Waals surface area contributed by atoms with Crippen molar-refractivity contribution in [1.82, 2.24) is 4.57 Å². The molecule has 1 aromatic carbocycles. The van der Waals surface area contributed by atoms with E-state index >= 15 is 0 Å². The van der Waals surface area contributed by atoms with Gasteiger partial charge in [-0.3, -0.25) is 9.59 Å². The van der Waals surface area contributed by atoms with Crippen LogP contribution in [0, 0.1) is 0 Å². The van der Waals surface area contributed by atoms with E-state index in [-0.39, 0.29) is 11.5 Å². The van der Waals surface area contributed by atoms with E-state index in [0.29, 0.717) is 12.2 Å². The van der Waals surface area contributed by atoms with Gasteiger partial charge in [0.2, 0.25) is 5.91 Å². The normalized spacial score (nSPS) is 10.5. The van der Waals surface area contributed by atoms with Crippen LogP contribution < -0.4 is 10.9 Å². The molecule has 0 unspecified atom stereocenters. The number of carbonyl (C=O) groups excluding carboxylic acids is 1. The molecule has 0 aliphatic heterocycles. The predicted molar refractivity (Wildman–Crippen MR) is 68.2 cm³/mol. The van der Waals surface area contributed by atoms with Crippen molar-refractivity contribution in [3.8, 4) is 0 Å². The molecule has 0 aliphatic rings. The molecule has 1 aromatic heterocycles. The van der Waals surface area contributed by atoms with Gasteiger partial charge in [0.1, 0.15) is 5.69 Å². The minimum absolute atomic E-state index is 0.165. The number of hydrogen-bond acceptors (Lipinski definition) is 2. The van der Waals surface area contributed by atoms with E-state index in [1.54, 1.807) is 10.6 Å². The van der Waals surface area contributed by atoms with Crippen LogP contribution in [0.1, 0.15) is 13.8 Å². The second-order valence-corrected chi connectivity index (χ2v) is 3.85. The number of benzene rings is 1. The van der Waals surface area contributed by atoms with Gasteiger partial charge in [0.15, 0.2) is 0 Å². The highest BCUT2D eigenvalue weighted by Crippen LogP contribution is 2.15. The summed E-state index contributed by atoms with van der Waals surface area (Å²) in [5.74, 6) is -0.236. The first-order valence-electron chi connectivity index (χ1n) is 5.53. The summed E-state index contributed by atoms with van der Waals surface area (Å²) in [6, 6.07) is 9.34. The van der Waals surface area contributed by atoms with Gasteiger partial charge < -0.3 is 9.88 Å². The van der Waals surface area contributed by atoms with Gasteiger partial charge in [-0.2, -0.15) is 0 Å². The molecule has 1 amide bonds.